The number of rotatable bonds is 5. The van der Waals surface area contributed by atoms with E-state index in [1.807, 2.05) is 0 Å². The van der Waals surface area contributed by atoms with Crippen LogP contribution in [0, 0.1) is 10.8 Å². The summed E-state index contributed by atoms with van der Waals surface area (Å²) >= 11 is 0. The fraction of sp³-hybridized carbons (Fsp3) is 0.857. The quantitative estimate of drug-likeness (QED) is 0.572. The Morgan fingerprint density at radius 1 is 0.682 bits per heavy atom. The molecule has 0 bridgehead atoms. The molecule has 0 aliphatic heterocycles. The lowest BCUT2D eigenvalue weighted by Gasteiger charge is -2.26. The Bertz CT molecular complexity index is 380. The lowest BCUT2D eigenvalue weighted by molar-refractivity contribution is -0.239. The number of hydrogen-bond acceptors (Lipinski definition) is 4. The van der Waals surface area contributed by atoms with Gasteiger partial charge in [0, 0.05) is 0 Å². The third kappa shape index (κ3) is 5.81. The number of carbonyl (C=O) groups excluding carboxylic acids is 2. The highest BCUT2D eigenvalue weighted by Crippen LogP contribution is 2.37. The maximum atomic E-state index is 13.5. The van der Waals surface area contributed by atoms with Gasteiger partial charge in [-0.15, -0.1) is 0 Å². The first kappa shape index (κ1) is 20.7. The van der Waals surface area contributed by atoms with Crippen molar-refractivity contribution in [1.82, 2.24) is 0 Å². The van der Waals surface area contributed by atoms with Crippen molar-refractivity contribution in [2.45, 2.75) is 53.4 Å². The van der Waals surface area contributed by atoms with Gasteiger partial charge in [0.1, 0.15) is 0 Å². The highest BCUT2D eigenvalue weighted by atomic mass is 19.3. The molecule has 0 spiro atoms. The molecule has 0 heterocycles. The molecule has 0 aromatic heterocycles. The van der Waals surface area contributed by atoms with Gasteiger partial charge in [-0.3, -0.25) is 0 Å². The first-order valence-electron chi connectivity index (χ1n) is 6.61. The fourth-order valence-electron chi connectivity index (χ4n) is 1.00. The van der Waals surface area contributed by atoms with Crippen LogP contribution in [0.4, 0.5) is 17.6 Å². The number of halogens is 4. The molecule has 0 aromatic rings. The Morgan fingerprint density at radius 2 is 0.909 bits per heavy atom. The molecule has 0 aliphatic rings. The van der Waals surface area contributed by atoms with Crippen LogP contribution in [0.1, 0.15) is 41.5 Å². The second-order valence-corrected chi connectivity index (χ2v) is 7.42. The van der Waals surface area contributed by atoms with E-state index in [1.165, 1.54) is 0 Å². The van der Waals surface area contributed by atoms with Gasteiger partial charge in [0.2, 0.25) is 0 Å². The minimum atomic E-state index is -5.30. The van der Waals surface area contributed by atoms with E-state index in [0.29, 0.717) is 0 Å². The van der Waals surface area contributed by atoms with Gasteiger partial charge in [-0.25, -0.2) is 9.59 Å². The van der Waals surface area contributed by atoms with Crippen molar-refractivity contribution < 1.29 is 36.6 Å². The second kappa shape index (κ2) is 6.42. The van der Waals surface area contributed by atoms with Crippen LogP contribution in [0.5, 0.6) is 0 Å². The molecule has 4 nitrogen and oxygen atoms in total. The molecule has 22 heavy (non-hydrogen) atoms. The van der Waals surface area contributed by atoms with E-state index in [-0.39, 0.29) is 0 Å². The molecule has 0 atom stereocenters. The fourth-order valence-corrected chi connectivity index (χ4v) is 1.00. The average molecular weight is 330 g/mol. The number of carbonyl (C=O) groups is 2. The Balaban J connectivity index is 4.98. The molecule has 0 fully saturated rings. The highest BCUT2D eigenvalue weighted by molar-refractivity contribution is 5.90. The van der Waals surface area contributed by atoms with Crippen molar-refractivity contribution >= 4 is 11.9 Å². The Morgan fingerprint density at radius 3 is 1.09 bits per heavy atom. The Kier molecular flexibility index (Phi) is 6.03. The predicted octanol–water partition coefficient (Wildman–Crippen LogP) is 3.44. The van der Waals surface area contributed by atoms with Crippen LogP contribution in [0.2, 0.25) is 0 Å². The Labute approximate surface area is 127 Å². The van der Waals surface area contributed by atoms with Crippen molar-refractivity contribution in [3.05, 3.63) is 0 Å². The SMILES string of the molecule is CC(C)(C)COC(=O)C(F)(F)C(F)(F)C(=O)OCC(C)(C)C. The summed E-state index contributed by atoms with van der Waals surface area (Å²) < 4.78 is 62.4. The van der Waals surface area contributed by atoms with Crippen molar-refractivity contribution in [3.8, 4) is 0 Å². The summed E-state index contributed by atoms with van der Waals surface area (Å²) in [5.74, 6) is -15.5. The maximum Gasteiger partial charge on any atom is 0.415 e. The second-order valence-electron chi connectivity index (χ2n) is 7.42. The van der Waals surface area contributed by atoms with E-state index < -0.39 is 47.8 Å². The topological polar surface area (TPSA) is 52.6 Å². The van der Waals surface area contributed by atoms with E-state index in [9.17, 15) is 27.2 Å². The molecule has 0 rings (SSSR count). The largest absolute Gasteiger partial charge is 0.461 e. The molecule has 0 amide bonds. The van der Waals surface area contributed by atoms with Gasteiger partial charge in [-0.05, 0) is 10.8 Å². The van der Waals surface area contributed by atoms with Gasteiger partial charge in [0.15, 0.2) is 0 Å². The minimum absolute atomic E-state index is 0.492. The standard InChI is InChI=1S/C14H22F4O4/c1-11(2,3)7-21-9(19)13(15,16)14(17,18)10(20)22-8-12(4,5)6/h7-8H2,1-6H3. The third-order valence-electron chi connectivity index (χ3n) is 2.18. The van der Waals surface area contributed by atoms with Crippen molar-refractivity contribution in [1.29, 1.82) is 0 Å². The van der Waals surface area contributed by atoms with Crippen LogP contribution in [-0.4, -0.2) is 37.0 Å². The smallest absolute Gasteiger partial charge is 0.415 e. The number of ether oxygens (including phenoxy) is 2. The van der Waals surface area contributed by atoms with Gasteiger partial charge >= 0.3 is 23.8 Å². The first-order valence-corrected chi connectivity index (χ1v) is 6.61. The molecule has 0 saturated heterocycles. The zero-order valence-corrected chi connectivity index (χ0v) is 13.6. The molecular formula is C14H22F4O4. The van der Waals surface area contributed by atoms with Crippen LogP contribution in [0.15, 0.2) is 0 Å². The van der Waals surface area contributed by atoms with Crippen LogP contribution in [0.3, 0.4) is 0 Å². The first-order chi connectivity index (χ1) is 9.51. The molecule has 8 heteroatoms. The summed E-state index contributed by atoms with van der Waals surface area (Å²) in [5.41, 5.74) is -1.37. The molecule has 0 radical (unpaired) electrons. The number of hydrogen-bond donors (Lipinski definition) is 0. The van der Waals surface area contributed by atoms with E-state index in [1.54, 1.807) is 41.5 Å². The molecule has 0 saturated carbocycles. The van der Waals surface area contributed by atoms with E-state index in [2.05, 4.69) is 9.47 Å². The highest BCUT2D eigenvalue weighted by Gasteiger charge is 2.69. The van der Waals surface area contributed by atoms with Crippen LogP contribution < -0.4 is 0 Å². The van der Waals surface area contributed by atoms with E-state index in [4.69, 9.17) is 0 Å². The molecule has 0 unspecified atom stereocenters. The van der Waals surface area contributed by atoms with Gasteiger partial charge in [-0.2, -0.15) is 17.6 Å². The van der Waals surface area contributed by atoms with Crippen molar-refractivity contribution in [2.75, 3.05) is 13.2 Å². The normalized spacial score (nSPS) is 13.7. The summed E-state index contributed by atoms with van der Waals surface area (Å²) in [6, 6.07) is 0. The van der Waals surface area contributed by atoms with Crippen molar-refractivity contribution in [2.24, 2.45) is 10.8 Å². The van der Waals surface area contributed by atoms with Crippen LogP contribution in [-0.2, 0) is 19.1 Å². The van der Waals surface area contributed by atoms with Crippen LogP contribution in [0.25, 0.3) is 0 Å². The summed E-state index contributed by atoms with van der Waals surface area (Å²) in [4.78, 5) is 22.4. The monoisotopic (exact) mass is 330 g/mol. The average Bonchev–Trinajstić information content (AvgIpc) is 2.30. The zero-order chi connectivity index (χ0) is 18.0. The van der Waals surface area contributed by atoms with Gasteiger partial charge in [0.05, 0.1) is 13.2 Å². The van der Waals surface area contributed by atoms with Gasteiger partial charge < -0.3 is 9.47 Å². The maximum absolute atomic E-state index is 13.5. The molecule has 130 valence electrons. The molecule has 0 aliphatic carbocycles. The van der Waals surface area contributed by atoms with E-state index in [0.717, 1.165) is 0 Å². The molecular weight excluding hydrogens is 308 g/mol. The molecule has 0 aromatic carbocycles. The van der Waals surface area contributed by atoms with Gasteiger partial charge in [-0.1, -0.05) is 41.5 Å². The Hall–Kier alpha value is -1.34. The molecule has 0 N–H and O–H groups in total. The summed E-state index contributed by atoms with van der Waals surface area (Å²) in [6.45, 7) is 8.40. The van der Waals surface area contributed by atoms with Gasteiger partial charge in [0.25, 0.3) is 0 Å². The minimum Gasteiger partial charge on any atom is -0.461 e. The zero-order valence-electron chi connectivity index (χ0n) is 13.6. The van der Waals surface area contributed by atoms with Crippen LogP contribution >= 0.6 is 0 Å². The lowest BCUT2D eigenvalue weighted by atomic mass is 9.98. The number of esters is 2. The summed E-state index contributed by atoms with van der Waals surface area (Å²) in [7, 11) is 0. The third-order valence-corrected chi connectivity index (χ3v) is 2.18. The van der Waals surface area contributed by atoms with Crippen molar-refractivity contribution in [3.63, 3.8) is 0 Å². The predicted molar refractivity (Wildman–Crippen MR) is 70.7 cm³/mol. The summed E-state index contributed by atoms with van der Waals surface area (Å²) in [6.07, 6.45) is 0. The lowest BCUT2D eigenvalue weighted by Crippen LogP contribution is -2.54. The number of alkyl halides is 4. The summed E-state index contributed by atoms with van der Waals surface area (Å²) in [5, 5.41) is 0. The van der Waals surface area contributed by atoms with E-state index >= 15 is 0 Å².